The fourth-order valence-corrected chi connectivity index (χ4v) is 1.43. The molecule has 0 spiro atoms. The Morgan fingerprint density at radius 1 is 1.32 bits per heavy atom. The first kappa shape index (κ1) is 15.2. The summed E-state index contributed by atoms with van der Waals surface area (Å²) in [6, 6.07) is -0.342. The summed E-state index contributed by atoms with van der Waals surface area (Å²) < 4.78 is 0. The number of hydrogen-bond donors (Lipinski definition) is 3. The first-order valence-electron chi connectivity index (χ1n) is 4.87. The highest BCUT2D eigenvalue weighted by Gasteiger charge is 2.23. The summed E-state index contributed by atoms with van der Waals surface area (Å²) in [5, 5.41) is 19.4. The van der Waals surface area contributed by atoms with Crippen LogP contribution in [0.25, 0.3) is 0 Å². The quantitative estimate of drug-likeness (QED) is 0.700. The Balaban J connectivity index is 2.84. The smallest absolute Gasteiger partial charge is 0.326 e. The van der Waals surface area contributed by atoms with Crippen LogP contribution in [0.5, 0.6) is 0 Å². The summed E-state index contributed by atoms with van der Waals surface area (Å²) in [6.45, 7) is 0. The van der Waals surface area contributed by atoms with Gasteiger partial charge in [0.15, 0.2) is 0 Å². The molecule has 0 aromatic carbocycles. The zero-order chi connectivity index (χ0) is 14.6. The van der Waals surface area contributed by atoms with Crippen LogP contribution in [0, 0.1) is 0 Å². The molecule has 1 atom stereocenters. The zero-order valence-corrected chi connectivity index (χ0v) is 10.8. The third-order valence-electron chi connectivity index (χ3n) is 2.04. The van der Waals surface area contributed by atoms with Crippen LogP contribution >= 0.6 is 23.2 Å². The summed E-state index contributed by atoms with van der Waals surface area (Å²) >= 11 is 11.2. The van der Waals surface area contributed by atoms with E-state index in [4.69, 9.17) is 33.4 Å². The molecule has 3 N–H and O–H groups in total. The molecule has 0 aliphatic rings. The van der Waals surface area contributed by atoms with Gasteiger partial charge < -0.3 is 15.5 Å². The molecule has 0 bridgehead atoms. The Kier molecular flexibility index (Phi) is 5.08. The van der Waals surface area contributed by atoms with Crippen LogP contribution in [-0.2, 0) is 9.59 Å². The van der Waals surface area contributed by atoms with Gasteiger partial charge in [-0.25, -0.2) is 9.78 Å². The first-order chi connectivity index (χ1) is 8.81. The molecule has 102 valence electrons. The van der Waals surface area contributed by atoms with Crippen molar-refractivity contribution < 1.29 is 24.6 Å². The number of rotatable bonds is 5. The lowest BCUT2D eigenvalue weighted by atomic mass is 10.2. The number of halogens is 2. The molecule has 0 saturated heterocycles. The maximum atomic E-state index is 11.7. The Morgan fingerprint density at radius 2 is 1.95 bits per heavy atom. The van der Waals surface area contributed by atoms with Crippen LogP contribution in [0.3, 0.4) is 0 Å². The fourth-order valence-electron chi connectivity index (χ4n) is 1.16. The summed E-state index contributed by atoms with van der Waals surface area (Å²) in [7, 11) is 0. The molecule has 0 aliphatic carbocycles. The van der Waals surface area contributed by atoms with Crippen molar-refractivity contribution >= 4 is 41.0 Å². The second-order valence-corrected chi connectivity index (χ2v) is 4.22. The molecule has 1 unspecified atom stereocenters. The number of hydrogen-bond acceptors (Lipinski definition) is 4. The maximum absolute atomic E-state index is 11.7. The van der Waals surface area contributed by atoms with Crippen molar-refractivity contribution in [2.45, 2.75) is 12.5 Å². The predicted octanol–water partition coefficient (Wildman–Crippen LogP) is 1.05. The van der Waals surface area contributed by atoms with E-state index in [0.29, 0.717) is 0 Å². The van der Waals surface area contributed by atoms with Crippen LogP contribution < -0.4 is 5.32 Å². The lowest BCUT2D eigenvalue weighted by Crippen LogP contribution is -2.42. The lowest BCUT2D eigenvalue weighted by molar-refractivity contribution is -0.145. The van der Waals surface area contributed by atoms with Gasteiger partial charge in [-0.2, -0.15) is 0 Å². The number of nitrogens with zero attached hydrogens (tertiary/aromatic N) is 1. The van der Waals surface area contributed by atoms with Crippen molar-refractivity contribution in [2.24, 2.45) is 0 Å². The molecule has 9 heteroatoms. The Bertz CT molecular complexity index is 535. The molecule has 19 heavy (non-hydrogen) atoms. The number of aliphatic carboxylic acids is 2. The molecule has 1 rings (SSSR count). The van der Waals surface area contributed by atoms with Gasteiger partial charge in [0.2, 0.25) is 0 Å². The van der Waals surface area contributed by atoms with Gasteiger partial charge in [-0.3, -0.25) is 9.59 Å². The Morgan fingerprint density at radius 3 is 2.42 bits per heavy atom. The lowest BCUT2D eigenvalue weighted by Gasteiger charge is -2.12. The normalized spacial score (nSPS) is 11.7. The number of aromatic nitrogens is 1. The molecule has 1 amide bonds. The maximum Gasteiger partial charge on any atom is 0.326 e. The van der Waals surface area contributed by atoms with E-state index in [1.165, 1.54) is 6.07 Å². The molecule has 0 fully saturated rings. The largest absolute Gasteiger partial charge is 0.481 e. The number of nitrogens with one attached hydrogen (secondary N) is 1. The van der Waals surface area contributed by atoms with Crippen LogP contribution in [0.15, 0.2) is 12.3 Å². The van der Waals surface area contributed by atoms with E-state index in [2.05, 4.69) is 4.98 Å². The van der Waals surface area contributed by atoms with Crippen molar-refractivity contribution in [2.75, 3.05) is 0 Å². The number of carbonyl (C=O) groups is 3. The third-order valence-corrected chi connectivity index (χ3v) is 2.73. The molecule has 0 saturated carbocycles. The van der Waals surface area contributed by atoms with Gasteiger partial charge in [0.05, 0.1) is 17.0 Å². The molecule has 7 nitrogen and oxygen atoms in total. The molecule has 1 heterocycles. The van der Waals surface area contributed by atoms with E-state index in [-0.39, 0.29) is 15.7 Å². The van der Waals surface area contributed by atoms with Crippen LogP contribution in [0.2, 0.25) is 10.2 Å². The van der Waals surface area contributed by atoms with Crippen molar-refractivity contribution in [1.29, 1.82) is 0 Å². The van der Waals surface area contributed by atoms with E-state index in [9.17, 15) is 14.4 Å². The molecule has 0 radical (unpaired) electrons. The molecule has 0 aliphatic heterocycles. The second-order valence-electron chi connectivity index (χ2n) is 3.46. The van der Waals surface area contributed by atoms with Crippen LogP contribution in [-0.4, -0.2) is 39.1 Å². The highest BCUT2D eigenvalue weighted by atomic mass is 35.5. The van der Waals surface area contributed by atoms with Gasteiger partial charge in [0, 0.05) is 6.20 Å². The number of amides is 1. The minimum absolute atomic E-state index is 0.00135. The number of pyridine rings is 1. The van der Waals surface area contributed by atoms with Gasteiger partial charge in [0.1, 0.15) is 11.2 Å². The number of carbonyl (C=O) groups excluding carboxylic acids is 1. The molecule has 1 aromatic heterocycles. The summed E-state index contributed by atoms with van der Waals surface area (Å²) in [5.74, 6) is -3.61. The van der Waals surface area contributed by atoms with Gasteiger partial charge in [-0.15, -0.1) is 0 Å². The highest BCUT2D eigenvalue weighted by molar-refractivity contribution is 6.41. The van der Waals surface area contributed by atoms with Gasteiger partial charge in [0.25, 0.3) is 5.91 Å². The van der Waals surface area contributed by atoms with Crippen molar-refractivity contribution in [3.8, 4) is 0 Å². The Hall–Kier alpha value is -1.86. The summed E-state index contributed by atoms with van der Waals surface area (Å²) in [4.78, 5) is 36.6. The molecular weight excluding hydrogens is 299 g/mol. The van der Waals surface area contributed by atoms with E-state index >= 15 is 0 Å². The summed E-state index contributed by atoms with van der Waals surface area (Å²) in [5.41, 5.74) is -0.0222. The van der Waals surface area contributed by atoms with Crippen molar-refractivity contribution in [1.82, 2.24) is 10.3 Å². The van der Waals surface area contributed by atoms with E-state index in [1.807, 2.05) is 5.32 Å². The zero-order valence-electron chi connectivity index (χ0n) is 9.26. The summed E-state index contributed by atoms with van der Waals surface area (Å²) in [6.07, 6.45) is 0.360. The van der Waals surface area contributed by atoms with E-state index < -0.39 is 30.3 Å². The van der Waals surface area contributed by atoms with Crippen molar-refractivity contribution in [3.63, 3.8) is 0 Å². The van der Waals surface area contributed by atoms with Crippen LogP contribution in [0.4, 0.5) is 0 Å². The van der Waals surface area contributed by atoms with Crippen molar-refractivity contribution in [3.05, 3.63) is 28.0 Å². The van der Waals surface area contributed by atoms with E-state index in [0.717, 1.165) is 6.20 Å². The standard InChI is InChI=1S/C10H8Cl2N2O5/c11-5-1-4(3-13-8(5)12)9(17)14-6(10(18)19)2-7(15)16/h1,3,6H,2H2,(H,14,17)(H,15,16)(H,18,19). The monoisotopic (exact) mass is 306 g/mol. The van der Waals surface area contributed by atoms with Gasteiger partial charge in [-0.1, -0.05) is 23.2 Å². The average molecular weight is 307 g/mol. The molecular formula is C10H8Cl2N2O5. The molecule has 1 aromatic rings. The average Bonchev–Trinajstić information content (AvgIpc) is 2.31. The first-order valence-corrected chi connectivity index (χ1v) is 5.63. The highest BCUT2D eigenvalue weighted by Crippen LogP contribution is 2.19. The second kappa shape index (κ2) is 6.35. The third kappa shape index (κ3) is 4.38. The topological polar surface area (TPSA) is 117 Å². The van der Waals surface area contributed by atoms with Crippen LogP contribution in [0.1, 0.15) is 16.8 Å². The predicted molar refractivity (Wildman–Crippen MR) is 65.4 cm³/mol. The van der Waals surface area contributed by atoms with Gasteiger partial charge in [-0.05, 0) is 6.07 Å². The minimum atomic E-state index is -1.54. The number of carboxylic acids is 2. The fraction of sp³-hybridized carbons (Fsp3) is 0.200. The Labute approximate surface area is 117 Å². The minimum Gasteiger partial charge on any atom is -0.481 e. The number of carboxylic acid groups (broad SMARTS) is 2. The van der Waals surface area contributed by atoms with Gasteiger partial charge >= 0.3 is 11.9 Å². The van der Waals surface area contributed by atoms with E-state index in [1.54, 1.807) is 0 Å². The SMILES string of the molecule is O=C(O)CC(NC(=O)c1cnc(Cl)c(Cl)c1)C(=O)O.